The Hall–Kier alpha value is -1.70. The number of halogens is 3. The number of amides is 2. The van der Waals surface area contributed by atoms with Crippen LogP contribution in [-0.4, -0.2) is 66.3 Å². The normalized spacial score (nSPS) is 25.7. The summed E-state index contributed by atoms with van der Waals surface area (Å²) in [6.07, 6.45) is 0.818. The van der Waals surface area contributed by atoms with Crippen LogP contribution in [0.2, 0.25) is 15.1 Å². The highest BCUT2D eigenvalue weighted by Crippen LogP contribution is 2.44. The average molecular weight is 497 g/mol. The number of hydrogen-bond donors (Lipinski definition) is 1. The molecular weight excluding hydrogens is 473 g/mol. The van der Waals surface area contributed by atoms with Crippen LogP contribution in [0.15, 0.2) is 30.3 Å². The van der Waals surface area contributed by atoms with E-state index in [0.717, 1.165) is 30.5 Å². The van der Waals surface area contributed by atoms with E-state index in [1.165, 1.54) is 0 Å². The number of benzene rings is 2. The summed E-state index contributed by atoms with van der Waals surface area (Å²) in [6, 6.07) is 9.00. The lowest BCUT2D eigenvalue weighted by atomic mass is 10.1. The van der Waals surface area contributed by atoms with Crippen LogP contribution in [0.1, 0.15) is 23.7 Å². The van der Waals surface area contributed by atoms with Gasteiger partial charge in [0.2, 0.25) is 0 Å². The Kier molecular flexibility index (Phi) is 5.93. The van der Waals surface area contributed by atoms with Crippen molar-refractivity contribution in [1.82, 2.24) is 9.80 Å². The molecule has 2 heterocycles. The summed E-state index contributed by atoms with van der Waals surface area (Å²) in [5, 5.41) is 11.8. The van der Waals surface area contributed by atoms with Crippen LogP contribution < -0.4 is 9.64 Å². The molecule has 0 radical (unpaired) electrons. The third-order valence-corrected chi connectivity index (χ3v) is 7.49. The molecule has 0 saturated carbocycles. The minimum absolute atomic E-state index is 0.0248. The zero-order valence-electron chi connectivity index (χ0n) is 17.6. The Balaban J connectivity index is 1.49. The van der Waals surface area contributed by atoms with E-state index in [1.807, 2.05) is 18.2 Å². The van der Waals surface area contributed by atoms with Gasteiger partial charge in [-0.15, -0.1) is 0 Å². The number of nitrogens with zero attached hydrogens (tertiary/aromatic N) is 3. The third-order valence-electron chi connectivity index (χ3n) is 6.62. The van der Waals surface area contributed by atoms with E-state index < -0.39 is 0 Å². The zero-order valence-corrected chi connectivity index (χ0v) is 19.9. The van der Waals surface area contributed by atoms with Gasteiger partial charge >= 0.3 is 6.03 Å². The largest absolute Gasteiger partial charge is 0.484 e. The number of β-amino-alcohol motifs (C(OH)–C–C–N with tert-alkyl or cyclic N) is 1. The highest BCUT2D eigenvalue weighted by atomic mass is 35.5. The number of likely N-dealkylation sites (N-methyl/N-ethyl adjacent to an activating group) is 1. The standard InChI is InChI=1S/C23H24Cl3N3O3/c1-27-6-7-29(23(27)31)20-10-15(2-3-18(20)25)32-22-17-8-13(24)9-19(26)16(17)11-21(22)28-5-4-14(30)12-28/h2-3,8-10,14,21-22,30H,4-7,11-12H2,1H3/t14-,21?,22?/m1/s1. The number of urea groups is 1. The van der Waals surface area contributed by atoms with Crippen molar-refractivity contribution in [3.63, 3.8) is 0 Å². The van der Waals surface area contributed by atoms with Crippen molar-refractivity contribution in [3.8, 4) is 5.75 Å². The van der Waals surface area contributed by atoms with Gasteiger partial charge < -0.3 is 14.7 Å². The van der Waals surface area contributed by atoms with Gasteiger partial charge in [-0.3, -0.25) is 9.80 Å². The lowest BCUT2D eigenvalue weighted by molar-refractivity contribution is 0.0819. The summed E-state index contributed by atoms with van der Waals surface area (Å²) in [5.41, 5.74) is 2.62. The lowest BCUT2D eigenvalue weighted by Crippen LogP contribution is -2.39. The highest BCUT2D eigenvalue weighted by molar-refractivity contribution is 6.35. The number of carbonyl (C=O) groups excluding carboxylic acids is 1. The number of hydrogen-bond acceptors (Lipinski definition) is 4. The summed E-state index contributed by atoms with van der Waals surface area (Å²) in [4.78, 5) is 18.1. The van der Waals surface area contributed by atoms with Gasteiger partial charge in [0.1, 0.15) is 11.9 Å². The Morgan fingerprint density at radius 1 is 1.06 bits per heavy atom. The molecule has 9 heteroatoms. The Morgan fingerprint density at radius 2 is 1.88 bits per heavy atom. The molecule has 2 aromatic carbocycles. The van der Waals surface area contributed by atoms with E-state index in [4.69, 9.17) is 39.5 Å². The Morgan fingerprint density at radius 3 is 2.56 bits per heavy atom. The zero-order chi connectivity index (χ0) is 22.6. The van der Waals surface area contributed by atoms with Crippen molar-refractivity contribution < 1.29 is 14.6 Å². The number of aliphatic hydroxyl groups is 1. The molecule has 0 bridgehead atoms. The summed E-state index contributed by atoms with van der Waals surface area (Å²) < 4.78 is 6.54. The second kappa shape index (κ2) is 8.58. The van der Waals surface area contributed by atoms with Crippen LogP contribution >= 0.6 is 34.8 Å². The molecule has 1 aliphatic carbocycles. The molecule has 2 unspecified atom stereocenters. The van der Waals surface area contributed by atoms with Crippen LogP contribution in [-0.2, 0) is 6.42 Å². The number of ether oxygens (including phenoxy) is 1. The van der Waals surface area contributed by atoms with Crippen molar-refractivity contribution >= 4 is 46.5 Å². The lowest BCUT2D eigenvalue weighted by Gasteiger charge is -2.30. The van der Waals surface area contributed by atoms with Crippen LogP contribution in [0.25, 0.3) is 0 Å². The Labute approximate surface area is 202 Å². The molecule has 32 heavy (non-hydrogen) atoms. The monoisotopic (exact) mass is 495 g/mol. The van der Waals surface area contributed by atoms with Gasteiger partial charge in [0.05, 0.1) is 22.9 Å². The molecule has 2 aliphatic heterocycles. The highest BCUT2D eigenvalue weighted by Gasteiger charge is 2.42. The third kappa shape index (κ3) is 3.93. The van der Waals surface area contributed by atoms with Crippen molar-refractivity contribution in [2.75, 3.05) is 38.1 Å². The summed E-state index contributed by atoms with van der Waals surface area (Å²) in [7, 11) is 1.77. The predicted octanol–water partition coefficient (Wildman–Crippen LogP) is 4.63. The number of aliphatic hydroxyl groups excluding tert-OH is 1. The molecule has 0 aromatic heterocycles. The van der Waals surface area contributed by atoms with E-state index in [9.17, 15) is 9.90 Å². The topological polar surface area (TPSA) is 56.3 Å². The van der Waals surface area contributed by atoms with Crippen molar-refractivity contribution in [3.05, 3.63) is 56.5 Å². The SMILES string of the molecule is CN1CCN(c2cc(OC3c4cc(Cl)cc(Cl)c4CC3N3CC[C@@H](O)C3)ccc2Cl)C1=O. The minimum atomic E-state index is -0.335. The number of rotatable bonds is 4. The van der Waals surface area contributed by atoms with E-state index in [0.29, 0.717) is 46.1 Å². The molecule has 0 spiro atoms. The fraction of sp³-hybridized carbons (Fsp3) is 0.435. The van der Waals surface area contributed by atoms with E-state index in [-0.39, 0.29) is 24.3 Å². The molecule has 1 N–H and O–H groups in total. The number of anilines is 1. The maximum Gasteiger partial charge on any atom is 0.324 e. The van der Waals surface area contributed by atoms with Crippen LogP contribution in [0.3, 0.4) is 0 Å². The summed E-state index contributed by atoms with van der Waals surface area (Å²) in [5.74, 6) is 0.616. The Bertz CT molecular complexity index is 1070. The minimum Gasteiger partial charge on any atom is -0.484 e. The van der Waals surface area contributed by atoms with Crippen molar-refractivity contribution in [2.45, 2.75) is 31.1 Å². The average Bonchev–Trinajstić information content (AvgIpc) is 3.42. The van der Waals surface area contributed by atoms with E-state index >= 15 is 0 Å². The maximum absolute atomic E-state index is 12.5. The first-order valence-corrected chi connectivity index (χ1v) is 11.8. The molecule has 3 atom stereocenters. The molecule has 6 nitrogen and oxygen atoms in total. The fourth-order valence-electron chi connectivity index (χ4n) is 4.94. The molecule has 2 saturated heterocycles. The molecule has 3 aliphatic rings. The second-order valence-electron chi connectivity index (χ2n) is 8.67. The van der Waals surface area contributed by atoms with Gasteiger partial charge in [-0.05, 0) is 42.7 Å². The van der Waals surface area contributed by atoms with Gasteiger partial charge in [-0.25, -0.2) is 4.79 Å². The molecular formula is C23H24Cl3N3O3. The number of fused-ring (bicyclic) bond motifs is 1. The molecule has 170 valence electrons. The number of likely N-dealkylation sites (tertiary alicyclic amines) is 1. The fourth-order valence-corrected chi connectivity index (χ4v) is 5.74. The predicted molar refractivity (Wildman–Crippen MR) is 126 cm³/mol. The van der Waals surface area contributed by atoms with Gasteiger partial charge in [-0.2, -0.15) is 0 Å². The number of carbonyl (C=O) groups is 1. The van der Waals surface area contributed by atoms with Crippen LogP contribution in [0.4, 0.5) is 10.5 Å². The summed E-state index contributed by atoms with van der Waals surface area (Å²) in [6.45, 7) is 2.62. The quantitative estimate of drug-likeness (QED) is 0.670. The van der Waals surface area contributed by atoms with Crippen LogP contribution in [0.5, 0.6) is 5.75 Å². The molecule has 2 amide bonds. The van der Waals surface area contributed by atoms with E-state index in [2.05, 4.69) is 4.90 Å². The van der Waals surface area contributed by atoms with Crippen molar-refractivity contribution in [1.29, 1.82) is 0 Å². The second-order valence-corrected chi connectivity index (χ2v) is 9.92. The smallest absolute Gasteiger partial charge is 0.324 e. The van der Waals surface area contributed by atoms with Gasteiger partial charge in [0, 0.05) is 54.9 Å². The first-order valence-electron chi connectivity index (χ1n) is 10.7. The molecule has 5 rings (SSSR count). The van der Waals surface area contributed by atoms with Gasteiger partial charge in [0.15, 0.2) is 0 Å². The molecule has 2 aromatic rings. The van der Waals surface area contributed by atoms with Crippen molar-refractivity contribution in [2.24, 2.45) is 0 Å². The van der Waals surface area contributed by atoms with Crippen LogP contribution in [0, 0.1) is 0 Å². The van der Waals surface area contributed by atoms with Gasteiger partial charge in [-0.1, -0.05) is 34.8 Å². The maximum atomic E-state index is 12.5. The first-order chi connectivity index (χ1) is 15.3. The summed E-state index contributed by atoms with van der Waals surface area (Å²) >= 11 is 19.3. The van der Waals surface area contributed by atoms with Gasteiger partial charge in [0.25, 0.3) is 0 Å². The molecule has 2 fully saturated rings. The first kappa shape index (κ1) is 22.1. The van der Waals surface area contributed by atoms with E-state index in [1.54, 1.807) is 29.0 Å².